The second-order valence-corrected chi connectivity index (χ2v) is 4.16. The molecular weight excluding hydrogens is 216 g/mol. The molecule has 0 aliphatic carbocycles. The monoisotopic (exact) mass is 232 g/mol. The van der Waals surface area contributed by atoms with Gasteiger partial charge in [-0.3, -0.25) is 9.69 Å². The molecule has 3 amide bonds. The van der Waals surface area contributed by atoms with E-state index in [1.54, 1.807) is 0 Å². The fraction of sp³-hybridized carbons (Fsp3) is 0.385. The number of carbonyl (C=O) groups excluding carboxylic acids is 2. The van der Waals surface area contributed by atoms with Crippen molar-refractivity contribution in [1.29, 1.82) is 0 Å². The summed E-state index contributed by atoms with van der Waals surface area (Å²) in [6.07, 6.45) is 1.13. The molecule has 1 aliphatic heterocycles. The predicted molar refractivity (Wildman–Crippen MR) is 64.3 cm³/mol. The first-order valence-electron chi connectivity index (χ1n) is 5.88. The van der Waals surface area contributed by atoms with E-state index in [9.17, 15) is 9.59 Å². The van der Waals surface area contributed by atoms with Gasteiger partial charge in [0, 0.05) is 6.54 Å². The lowest BCUT2D eigenvalue weighted by atomic mass is 10.0. The van der Waals surface area contributed by atoms with Crippen LogP contribution in [0.4, 0.5) is 4.79 Å². The summed E-state index contributed by atoms with van der Waals surface area (Å²) in [5, 5.41) is 2.86. The molecule has 1 unspecified atom stereocenters. The van der Waals surface area contributed by atoms with Crippen LogP contribution in [-0.4, -0.2) is 23.4 Å². The van der Waals surface area contributed by atoms with Crippen LogP contribution in [0.3, 0.4) is 0 Å². The highest BCUT2D eigenvalue weighted by molar-refractivity contribution is 5.97. The second-order valence-electron chi connectivity index (χ2n) is 4.16. The van der Waals surface area contributed by atoms with E-state index in [4.69, 9.17) is 0 Å². The third kappa shape index (κ3) is 2.46. The van der Waals surface area contributed by atoms with Gasteiger partial charge in [0.15, 0.2) is 0 Å². The van der Waals surface area contributed by atoms with Crippen LogP contribution < -0.4 is 5.32 Å². The first-order valence-corrected chi connectivity index (χ1v) is 5.88. The molecule has 1 saturated heterocycles. The lowest BCUT2D eigenvalue weighted by molar-refractivity contribution is -0.130. The molecule has 0 saturated carbocycles. The minimum absolute atomic E-state index is 0.0931. The molecule has 4 nitrogen and oxygen atoms in total. The average molecular weight is 232 g/mol. The lowest BCUT2D eigenvalue weighted by Crippen LogP contribution is -2.51. The van der Waals surface area contributed by atoms with Crippen LogP contribution in [0.15, 0.2) is 30.3 Å². The molecule has 1 aromatic carbocycles. The summed E-state index contributed by atoms with van der Waals surface area (Å²) in [7, 11) is 0. The number of rotatable bonds is 3. The van der Waals surface area contributed by atoms with Gasteiger partial charge >= 0.3 is 6.03 Å². The number of carbonyl (C=O) groups is 2. The Morgan fingerprint density at radius 2 is 2.00 bits per heavy atom. The van der Waals surface area contributed by atoms with Crippen molar-refractivity contribution in [2.24, 2.45) is 0 Å². The van der Waals surface area contributed by atoms with E-state index in [2.05, 4.69) is 5.32 Å². The van der Waals surface area contributed by atoms with E-state index < -0.39 is 0 Å². The van der Waals surface area contributed by atoms with Gasteiger partial charge in [-0.1, -0.05) is 37.3 Å². The Hall–Kier alpha value is -1.84. The molecule has 2 rings (SSSR count). The van der Waals surface area contributed by atoms with E-state index >= 15 is 0 Å². The highest BCUT2D eigenvalue weighted by atomic mass is 16.2. The fourth-order valence-corrected chi connectivity index (χ4v) is 2.01. The van der Waals surface area contributed by atoms with Gasteiger partial charge in [0.25, 0.3) is 0 Å². The van der Waals surface area contributed by atoms with Gasteiger partial charge in [-0.05, 0) is 12.0 Å². The SMILES string of the molecule is CCCN1C(=O)CC(c2ccccc2)NC1=O. The Balaban J connectivity index is 2.12. The molecule has 0 bridgehead atoms. The molecule has 1 aromatic rings. The Morgan fingerprint density at radius 1 is 1.29 bits per heavy atom. The maximum atomic E-state index is 11.8. The van der Waals surface area contributed by atoms with Gasteiger partial charge in [0.1, 0.15) is 0 Å². The number of nitrogens with zero attached hydrogens (tertiary/aromatic N) is 1. The number of nitrogens with one attached hydrogen (secondary N) is 1. The van der Waals surface area contributed by atoms with Crippen molar-refractivity contribution in [3.63, 3.8) is 0 Å². The van der Waals surface area contributed by atoms with Gasteiger partial charge < -0.3 is 5.32 Å². The number of urea groups is 1. The van der Waals surface area contributed by atoms with Gasteiger partial charge in [0.2, 0.25) is 5.91 Å². The van der Waals surface area contributed by atoms with Crippen LogP contribution in [0.2, 0.25) is 0 Å². The summed E-state index contributed by atoms with van der Waals surface area (Å²) in [6.45, 7) is 2.44. The first kappa shape index (κ1) is 11.6. The van der Waals surface area contributed by atoms with Crippen molar-refractivity contribution in [2.45, 2.75) is 25.8 Å². The molecule has 17 heavy (non-hydrogen) atoms. The molecular formula is C13H16N2O2. The molecule has 0 aromatic heterocycles. The lowest BCUT2D eigenvalue weighted by Gasteiger charge is -2.31. The van der Waals surface area contributed by atoms with Crippen LogP contribution in [0.5, 0.6) is 0 Å². The molecule has 1 aliphatic rings. The molecule has 1 heterocycles. The molecule has 1 N–H and O–H groups in total. The molecule has 0 radical (unpaired) electrons. The summed E-state index contributed by atoms with van der Waals surface area (Å²) < 4.78 is 0. The van der Waals surface area contributed by atoms with E-state index in [1.165, 1.54) is 4.90 Å². The summed E-state index contributed by atoms with van der Waals surface area (Å²) >= 11 is 0. The molecule has 1 fully saturated rings. The number of benzene rings is 1. The molecule has 1 atom stereocenters. The summed E-state index contributed by atoms with van der Waals surface area (Å²) in [6, 6.07) is 9.11. The predicted octanol–water partition coefficient (Wildman–Crippen LogP) is 2.08. The van der Waals surface area contributed by atoms with E-state index in [-0.39, 0.29) is 18.0 Å². The quantitative estimate of drug-likeness (QED) is 0.867. The molecule has 4 heteroatoms. The van der Waals surface area contributed by atoms with Crippen molar-refractivity contribution >= 4 is 11.9 Å². The van der Waals surface area contributed by atoms with Gasteiger partial charge in [0.05, 0.1) is 12.5 Å². The fourth-order valence-electron chi connectivity index (χ4n) is 2.01. The minimum atomic E-state index is -0.281. The largest absolute Gasteiger partial charge is 0.330 e. The van der Waals surface area contributed by atoms with Crippen molar-refractivity contribution in [1.82, 2.24) is 10.2 Å². The van der Waals surface area contributed by atoms with Crippen molar-refractivity contribution in [3.05, 3.63) is 35.9 Å². The van der Waals surface area contributed by atoms with Crippen molar-refractivity contribution in [2.75, 3.05) is 6.54 Å². The zero-order valence-corrected chi connectivity index (χ0v) is 9.85. The van der Waals surface area contributed by atoms with Crippen LogP contribution in [0.25, 0.3) is 0 Å². The van der Waals surface area contributed by atoms with E-state index in [1.807, 2.05) is 37.3 Å². The van der Waals surface area contributed by atoms with Crippen LogP contribution in [0.1, 0.15) is 31.4 Å². The topological polar surface area (TPSA) is 49.4 Å². The van der Waals surface area contributed by atoms with Crippen LogP contribution in [0, 0.1) is 0 Å². The minimum Gasteiger partial charge on any atom is -0.330 e. The Morgan fingerprint density at radius 3 is 2.59 bits per heavy atom. The summed E-state index contributed by atoms with van der Waals surface area (Å²) in [5.41, 5.74) is 0.977. The molecule has 90 valence electrons. The number of hydrogen-bond donors (Lipinski definition) is 1. The first-order chi connectivity index (χ1) is 8.22. The number of imide groups is 1. The zero-order valence-electron chi connectivity index (χ0n) is 9.85. The zero-order chi connectivity index (χ0) is 12.3. The van der Waals surface area contributed by atoms with Crippen LogP contribution in [-0.2, 0) is 4.79 Å². The Labute approximate surface area is 101 Å². The van der Waals surface area contributed by atoms with E-state index in [0.29, 0.717) is 13.0 Å². The second kappa shape index (κ2) is 4.99. The highest BCUT2D eigenvalue weighted by Crippen LogP contribution is 2.21. The van der Waals surface area contributed by atoms with E-state index in [0.717, 1.165) is 12.0 Å². The maximum Gasteiger partial charge on any atom is 0.324 e. The Bertz CT molecular complexity index is 399. The van der Waals surface area contributed by atoms with Gasteiger partial charge in [-0.2, -0.15) is 0 Å². The normalized spacial score (nSPS) is 20.3. The standard InChI is InChI=1S/C13H16N2O2/c1-2-8-15-12(16)9-11(14-13(15)17)10-6-4-3-5-7-10/h3-7,11H,2,8-9H2,1H3,(H,14,17). The van der Waals surface area contributed by atoms with Crippen LogP contribution >= 0.6 is 0 Å². The van der Waals surface area contributed by atoms with Gasteiger partial charge in [-0.15, -0.1) is 0 Å². The number of amides is 3. The summed E-state index contributed by atoms with van der Waals surface area (Å²) in [4.78, 5) is 24.9. The maximum absolute atomic E-state index is 11.8. The summed E-state index contributed by atoms with van der Waals surface area (Å²) in [5.74, 6) is -0.0931. The number of hydrogen-bond acceptors (Lipinski definition) is 2. The third-order valence-corrected chi connectivity index (χ3v) is 2.87. The third-order valence-electron chi connectivity index (χ3n) is 2.87. The highest BCUT2D eigenvalue weighted by Gasteiger charge is 2.31. The average Bonchev–Trinajstić information content (AvgIpc) is 2.35. The van der Waals surface area contributed by atoms with Gasteiger partial charge in [-0.25, -0.2) is 4.79 Å². The van der Waals surface area contributed by atoms with Crippen molar-refractivity contribution < 1.29 is 9.59 Å². The smallest absolute Gasteiger partial charge is 0.324 e. The molecule has 0 spiro atoms. The Kier molecular flexibility index (Phi) is 3.42. The van der Waals surface area contributed by atoms with Crippen molar-refractivity contribution in [3.8, 4) is 0 Å².